The molecule has 128 valence electrons. The molecule has 0 saturated heterocycles. The fourth-order valence-electron chi connectivity index (χ4n) is 1.55. The molecule has 0 aliphatic heterocycles. The van der Waals surface area contributed by atoms with Crippen molar-refractivity contribution in [3.05, 3.63) is 17.5 Å². The Morgan fingerprint density at radius 2 is 1.87 bits per heavy atom. The molecule has 0 aliphatic rings. The lowest BCUT2D eigenvalue weighted by Crippen LogP contribution is -2.06. The highest BCUT2D eigenvalue weighted by atomic mass is 16.5. The smallest absolute Gasteiger partial charge is 0.305 e. The lowest BCUT2D eigenvalue weighted by Gasteiger charge is -1.94. The summed E-state index contributed by atoms with van der Waals surface area (Å²) < 4.78 is 4.50. The molecule has 8 heteroatoms. The van der Waals surface area contributed by atoms with E-state index in [-0.39, 0.29) is 36.8 Å². The number of aromatic amines is 1. The SMILES string of the molecule is CC(=O)CC(=O)CCC(=O)O.COC(=O)CCc1cc(C)[nH]n1. The van der Waals surface area contributed by atoms with Crippen molar-refractivity contribution in [2.45, 2.75) is 46.0 Å². The second-order valence-electron chi connectivity index (χ2n) is 4.93. The first-order valence-corrected chi connectivity index (χ1v) is 7.05. The summed E-state index contributed by atoms with van der Waals surface area (Å²) >= 11 is 0. The van der Waals surface area contributed by atoms with Gasteiger partial charge in [-0.2, -0.15) is 5.10 Å². The molecule has 0 saturated carbocycles. The predicted octanol–water partition coefficient (Wildman–Crippen LogP) is 1.22. The van der Waals surface area contributed by atoms with Gasteiger partial charge in [-0.25, -0.2) is 0 Å². The predicted molar refractivity (Wildman–Crippen MR) is 80.8 cm³/mol. The standard InChI is InChI=1S/C8H12N2O2.C7H10O4/c1-6-5-7(10-9-6)3-4-8(11)12-2;1-5(8)4-6(9)2-3-7(10)11/h5H,3-4H2,1-2H3,(H,9,10);2-4H2,1H3,(H,10,11). The fourth-order valence-corrected chi connectivity index (χ4v) is 1.55. The molecular weight excluding hydrogens is 304 g/mol. The fraction of sp³-hybridized carbons (Fsp3) is 0.533. The first-order chi connectivity index (χ1) is 10.7. The molecular formula is C15H22N2O6. The van der Waals surface area contributed by atoms with Gasteiger partial charge >= 0.3 is 11.9 Å². The van der Waals surface area contributed by atoms with Gasteiger partial charge in [0.1, 0.15) is 11.6 Å². The minimum Gasteiger partial charge on any atom is -0.481 e. The van der Waals surface area contributed by atoms with E-state index < -0.39 is 5.97 Å². The molecule has 1 aromatic rings. The van der Waals surface area contributed by atoms with E-state index in [0.29, 0.717) is 12.8 Å². The number of H-pyrrole nitrogens is 1. The molecule has 0 aliphatic carbocycles. The molecule has 1 rings (SSSR count). The van der Waals surface area contributed by atoms with Crippen LogP contribution in [-0.4, -0.2) is 45.9 Å². The summed E-state index contributed by atoms with van der Waals surface area (Å²) in [6, 6.07) is 1.92. The van der Waals surface area contributed by atoms with Crippen molar-refractivity contribution in [2.24, 2.45) is 0 Å². The molecule has 0 atom stereocenters. The van der Waals surface area contributed by atoms with Gasteiger partial charge in [-0.05, 0) is 19.9 Å². The first kappa shape index (κ1) is 20.5. The van der Waals surface area contributed by atoms with Gasteiger partial charge in [-0.3, -0.25) is 24.3 Å². The van der Waals surface area contributed by atoms with Gasteiger partial charge in [-0.15, -0.1) is 0 Å². The number of aliphatic carboxylic acids is 1. The van der Waals surface area contributed by atoms with Crippen molar-refractivity contribution in [1.82, 2.24) is 10.2 Å². The zero-order valence-electron chi connectivity index (χ0n) is 13.5. The van der Waals surface area contributed by atoms with Gasteiger partial charge in [0.2, 0.25) is 0 Å². The van der Waals surface area contributed by atoms with Gasteiger partial charge < -0.3 is 9.84 Å². The van der Waals surface area contributed by atoms with Crippen LogP contribution in [0.1, 0.15) is 44.0 Å². The van der Waals surface area contributed by atoms with Crippen LogP contribution in [0.25, 0.3) is 0 Å². The van der Waals surface area contributed by atoms with Crippen LogP contribution >= 0.6 is 0 Å². The molecule has 0 radical (unpaired) electrons. The van der Waals surface area contributed by atoms with Crippen LogP contribution in [0.15, 0.2) is 6.07 Å². The number of hydrogen-bond donors (Lipinski definition) is 2. The van der Waals surface area contributed by atoms with Crippen LogP contribution in [0.5, 0.6) is 0 Å². The van der Waals surface area contributed by atoms with Crippen molar-refractivity contribution in [2.75, 3.05) is 7.11 Å². The van der Waals surface area contributed by atoms with E-state index in [1.165, 1.54) is 14.0 Å². The number of carboxylic acids is 1. The van der Waals surface area contributed by atoms with E-state index in [4.69, 9.17) is 5.11 Å². The maximum absolute atomic E-state index is 10.7. The monoisotopic (exact) mass is 326 g/mol. The van der Waals surface area contributed by atoms with E-state index in [2.05, 4.69) is 14.9 Å². The minimum absolute atomic E-state index is 0.0467. The van der Waals surface area contributed by atoms with E-state index in [1.54, 1.807) is 0 Å². The highest BCUT2D eigenvalue weighted by Crippen LogP contribution is 2.01. The molecule has 0 fully saturated rings. The molecule has 8 nitrogen and oxygen atoms in total. The third kappa shape index (κ3) is 11.8. The Morgan fingerprint density at radius 3 is 2.30 bits per heavy atom. The highest BCUT2D eigenvalue weighted by molar-refractivity contribution is 5.98. The summed E-state index contributed by atoms with van der Waals surface area (Å²) in [5.41, 5.74) is 1.91. The number of hydrogen-bond acceptors (Lipinski definition) is 6. The molecule has 1 heterocycles. The zero-order valence-corrected chi connectivity index (χ0v) is 13.5. The summed E-state index contributed by atoms with van der Waals surface area (Å²) in [5.74, 6) is -1.74. The number of carbonyl (C=O) groups is 4. The van der Waals surface area contributed by atoms with Gasteiger partial charge in [0, 0.05) is 18.5 Å². The normalized spacial score (nSPS) is 9.52. The molecule has 0 unspecified atom stereocenters. The Labute approximate surface area is 134 Å². The van der Waals surface area contributed by atoms with E-state index in [0.717, 1.165) is 11.4 Å². The van der Waals surface area contributed by atoms with Gasteiger partial charge in [0.15, 0.2) is 0 Å². The Balaban J connectivity index is 0.000000423. The number of nitrogens with one attached hydrogen (secondary N) is 1. The number of aryl methyl sites for hydroxylation is 2. The van der Waals surface area contributed by atoms with Crippen molar-refractivity contribution in [3.63, 3.8) is 0 Å². The number of carboxylic acid groups (broad SMARTS) is 1. The van der Waals surface area contributed by atoms with Crippen LogP contribution in [0.4, 0.5) is 0 Å². The molecule has 0 bridgehead atoms. The van der Waals surface area contributed by atoms with E-state index >= 15 is 0 Å². The summed E-state index contributed by atoms with van der Waals surface area (Å²) in [7, 11) is 1.39. The summed E-state index contributed by atoms with van der Waals surface area (Å²) in [4.78, 5) is 41.7. The lowest BCUT2D eigenvalue weighted by molar-refractivity contribution is -0.140. The van der Waals surface area contributed by atoms with Crippen molar-refractivity contribution in [1.29, 1.82) is 0 Å². The first-order valence-electron chi connectivity index (χ1n) is 7.05. The van der Waals surface area contributed by atoms with Crippen LogP contribution in [0.2, 0.25) is 0 Å². The number of ether oxygens (including phenoxy) is 1. The Morgan fingerprint density at radius 1 is 1.22 bits per heavy atom. The second-order valence-corrected chi connectivity index (χ2v) is 4.93. The average Bonchev–Trinajstić information content (AvgIpc) is 2.88. The molecule has 0 amide bonds. The third-order valence-electron chi connectivity index (χ3n) is 2.64. The molecule has 23 heavy (non-hydrogen) atoms. The molecule has 0 aromatic carbocycles. The summed E-state index contributed by atoms with van der Waals surface area (Å²) in [6.45, 7) is 3.23. The van der Waals surface area contributed by atoms with Crippen molar-refractivity contribution in [3.8, 4) is 0 Å². The second kappa shape index (κ2) is 11.1. The highest BCUT2D eigenvalue weighted by Gasteiger charge is 2.07. The third-order valence-corrected chi connectivity index (χ3v) is 2.64. The van der Waals surface area contributed by atoms with Gasteiger partial charge in [-0.1, -0.05) is 0 Å². The Bertz CT molecular complexity index is 550. The van der Waals surface area contributed by atoms with Crippen LogP contribution in [-0.2, 0) is 30.3 Å². The number of ketones is 2. The minimum atomic E-state index is -1.01. The van der Waals surface area contributed by atoms with Crippen LogP contribution in [0, 0.1) is 6.92 Å². The van der Waals surface area contributed by atoms with E-state index in [9.17, 15) is 19.2 Å². The van der Waals surface area contributed by atoms with Crippen LogP contribution in [0.3, 0.4) is 0 Å². The lowest BCUT2D eigenvalue weighted by atomic mass is 10.1. The summed E-state index contributed by atoms with van der Waals surface area (Å²) in [6.07, 6.45) is 0.645. The largest absolute Gasteiger partial charge is 0.481 e. The molecule has 2 N–H and O–H groups in total. The Hall–Kier alpha value is -2.51. The maximum atomic E-state index is 10.7. The number of Topliss-reactive ketones (excluding diaryl/α,β-unsaturated/α-hetero) is 2. The maximum Gasteiger partial charge on any atom is 0.305 e. The number of esters is 1. The zero-order chi connectivity index (χ0) is 17.8. The summed E-state index contributed by atoms with van der Waals surface area (Å²) in [5, 5.41) is 15.0. The van der Waals surface area contributed by atoms with Gasteiger partial charge in [0.25, 0.3) is 0 Å². The van der Waals surface area contributed by atoms with Crippen molar-refractivity contribution < 1.29 is 29.0 Å². The topological polar surface area (TPSA) is 126 Å². The van der Waals surface area contributed by atoms with E-state index in [1.807, 2.05) is 13.0 Å². The molecule has 1 aromatic heterocycles. The quantitative estimate of drug-likeness (QED) is 0.543. The number of nitrogens with zero attached hydrogens (tertiary/aromatic N) is 1. The number of rotatable bonds is 8. The van der Waals surface area contributed by atoms with Crippen molar-refractivity contribution >= 4 is 23.5 Å². The van der Waals surface area contributed by atoms with Gasteiger partial charge in [0.05, 0.1) is 32.1 Å². The number of methoxy groups -OCH3 is 1. The number of carbonyl (C=O) groups excluding carboxylic acids is 3. The molecule has 0 spiro atoms. The average molecular weight is 326 g/mol. The van der Waals surface area contributed by atoms with Crippen LogP contribution < -0.4 is 0 Å². The number of aromatic nitrogens is 2. The Kier molecular flexibility index (Phi) is 9.90.